The van der Waals surface area contributed by atoms with Crippen molar-refractivity contribution in [3.05, 3.63) is 41.0 Å². The molecule has 190 valence electrons. The average molecular weight is 484 g/mol. The van der Waals surface area contributed by atoms with Gasteiger partial charge in [-0.15, -0.1) is 0 Å². The summed E-state index contributed by atoms with van der Waals surface area (Å²) in [5.74, 6) is -0.642. The number of piperidine rings is 1. The Kier molecular flexibility index (Phi) is 7.34. The van der Waals surface area contributed by atoms with Crippen molar-refractivity contribution >= 4 is 17.9 Å². The number of rotatable bonds is 3. The number of phenols is 1. The fourth-order valence-electron chi connectivity index (χ4n) is 4.30. The summed E-state index contributed by atoms with van der Waals surface area (Å²) >= 11 is 0. The molecule has 1 aliphatic rings. The lowest BCUT2D eigenvalue weighted by Crippen LogP contribution is -2.42. The van der Waals surface area contributed by atoms with Gasteiger partial charge in [-0.3, -0.25) is 0 Å². The number of ether oxygens (including phenoxy) is 2. The molecule has 8 nitrogen and oxygen atoms in total. The molecular formula is C27H37N3O5. The van der Waals surface area contributed by atoms with Crippen LogP contribution >= 0.6 is 0 Å². The molecule has 1 aliphatic heterocycles. The lowest BCUT2D eigenvalue weighted by atomic mass is 9.86. The maximum Gasteiger partial charge on any atom is 0.410 e. The van der Waals surface area contributed by atoms with Crippen LogP contribution in [0.15, 0.2) is 24.3 Å². The number of pyridine rings is 1. The number of carbonyl (C=O) groups is 2. The predicted molar refractivity (Wildman–Crippen MR) is 135 cm³/mol. The number of nitrogens with two attached hydrogens (primary N) is 1. The summed E-state index contributed by atoms with van der Waals surface area (Å²) in [4.78, 5) is 32.2. The molecule has 0 bridgehead atoms. The normalized spacial score (nSPS) is 16.7. The molecule has 1 aromatic carbocycles. The van der Waals surface area contributed by atoms with Crippen molar-refractivity contribution in [2.45, 2.75) is 78.4 Å². The second-order valence-electron chi connectivity index (χ2n) is 11.1. The van der Waals surface area contributed by atoms with Crippen molar-refractivity contribution in [3.8, 4) is 17.0 Å². The van der Waals surface area contributed by atoms with Gasteiger partial charge in [0.1, 0.15) is 28.3 Å². The van der Waals surface area contributed by atoms with E-state index in [0.717, 1.165) is 18.4 Å². The standard InChI is InChI=1S/C27H37N3O5/c1-16-10-8-12-20(31)21(16)19-14-18(22(23(28)29-19)24(32)34-26(2,3)4)17-11-9-13-30(15-17)25(33)35-27(5,6)7/h8,10,12,14,17,31H,9,11,13,15H2,1-7H3,(H2,28,29). The van der Waals surface area contributed by atoms with Gasteiger partial charge in [0.15, 0.2) is 0 Å². The fourth-order valence-corrected chi connectivity index (χ4v) is 4.30. The van der Waals surface area contributed by atoms with Gasteiger partial charge in [0.05, 0.1) is 5.69 Å². The van der Waals surface area contributed by atoms with Crippen LogP contribution in [0.5, 0.6) is 5.75 Å². The van der Waals surface area contributed by atoms with Crippen molar-refractivity contribution in [1.82, 2.24) is 9.88 Å². The van der Waals surface area contributed by atoms with Gasteiger partial charge in [0, 0.05) is 24.6 Å². The van der Waals surface area contributed by atoms with Gasteiger partial charge < -0.3 is 25.2 Å². The number of nitrogens with zero attached hydrogens (tertiary/aromatic N) is 2. The van der Waals surface area contributed by atoms with E-state index in [0.29, 0.717) is 29.9 Å². The fraction of sp³-hybridized carbons (Fsp3) is 0.519. The molecule has 35 heavy (non-hydrogen) atoms. The Morgan fingerprint density at radius 1 is 1.11 bits per heavy atom. The molecule has 2 aromatic rings. The largest absolute Gasteiger partial charge is 0.507 e. The number of phenolic OH excluding ortho intramolecular Hbond substituents is 1. The number of hydrogen-bond donors (Lipinski definition) is 2. The van der Waals surface area contributed by atoms with Crippen molar-refractivity contribution in [2.75, 3.05) is 18.8 Å². The maximum atomic E-state index is 13.2. The van der Waals surface area contributed by atoms with Gasteiger partial charge in [-0.25, -0.2) is 14.6 Å². The summed E-state index contributed by atoms with van der Waals surface area (Å²) in [5.41, 5.74) is 7.73. The second-order valence-corrected chi connectivity index (χ2v) is 11.1. The third-order valence-electron chi connectivity index (χ3n) is 5.70. The molecule has 0 saturated carbocycles. The molecule has 1 fully saturated rings. The second kappa shape index (κ2) is 9.76. The van der Waals surface area contributed by atoms with Crippen LogP contribution in [0.3, 0.4) is 0 Å². The molecule has 1 atom stereocenters. The van der Waals surface area contributed by atoms with Crippen molar-refractivity contribution in [1.29, 1.82) is 0 Å². The van der Waals surface area contributed by atoms with Crippen LogP contribution in [0, 0.1) is 6.92 Å². The molecule has 0 spiro atoms. The molecule has 1 aromatic heterocycles. The first-order chi connectivity index (χ1) is 16.2. The lowest BCUT2D eigenvalue weighted by Gasteiger charge is -2.35. The number of aromatic hydroxyl groups is 1. The third-order valence-corrected chi connectivity index (χ3v) is 5.70. The summed E-state index contributed by atoms with van der Waals surface area (Å²) < 4.78 is 11.2. The van der Waals surface area contributed by atoms with Crippen LogP contribution in [0.25, 0.3) is 11.3 Å². The molecule has 8 heteroatoms. The first-order valence-electron chi connectivity index (χ1n) is 12.0. The highest BCUT2D eigenvalue weighted by Gasteiger charge is 2.33. The van der Waals surface area contributed by atoms with E-state index < -0.39 is 17.2 Å². The highest BCUT2D eigenvalue weighted by atomic mass is 16.6. The number of carbonyl (C=O) groups excluding carboxylic acids is 2. The van der Waals surface area contributed by atoms with Crippen molar-refractivity contribution < 1.29 is 24.2 Å². The van der Waals surface area contributed by atoms with E-state index >= 15 is 0 Å². The molecule has 1 saturated heterocycles. The van der Waals surface area contributed by atoms with Crippen molar-refractivity contribution in [2.24, 2.45) is 0 Å². The van der Waals surface area contributed by atoms with Gasteiger partial charge in [0.2, 0.25) is 0 Å². The smallest absolute Gasteiger partial charge is 0.410 e. The number of esters is 1. The zero-order valence-corrected chi connectivity index (χ0v) is 21.8. The number of likely N-dealkylation sites (tertiary alicyclic amines) is 1. The molecule has 2 heterocycles. The van der Waals surface area contributed by atoms with E-state index in [1.54, 1.807) is 43.9 Å². The third kappa shape index (κ3) is 6.44. The van der Waals surface area contributed by atoms with Gasteiger partial charge in [-0.2, -0.15) is 0 Å². The first-order valence-corrected chi connectivity index (χ1v) is 12.0. The van der Waals surface area contributed by atoms with E-state index in [-0.39, 0.29) is 29.1 Å². The van der Waals surface area contributed by atoms with Crippen LogP contribution in [0.1, 0.15) is 81.8 Å². The summed E-state index contributed by atoms with van der Waals surface area (Å²) in [6, 6.07) is 7.01. The van der Waals surface area contributed by atoms with E-state index in [1.165, 1.54) is 0 Å². The quantitative estimate of drug-likeness (QED) is 0.561. The lowest BCUT2D eigenvalue weighted by molar-refractivity contribution is 0.00683. The van der Waals surface area contributed by atoms with E-state index in [9.17, 15) is 14.7 Å². The van der Waals surface area contributed by atoms with Crippen LogP contribution in [0.4, 0.5) is 10.6 Å². The van der Waals surface area contributed by atoms with Crippen molar-refractivity contribution in [3.63, 3.8) is 0 Å². The van der Waals surface area contributed by atoms with E-state index in [4.69, 9.17) is 15.2 Å². The van der Waals surface area contributed by atoms with Crippen LogP contribution in [0.2, 0.25) is 0 Å². The highest BCUT2D eigenvalue weighted by Crippen LogP contribution is 2.38. The zero-order valence-electron chi connectivity index (χ0n) is 21.8. The molecular weight excluding hydrogens is 446 g/mol. The monoisotopic (exact) mass is 483 g/mol. The minimum absolute atomic E-state index is 0.0313. The maximum absolute atomic E-state index is 13.2. The predicted octanol–water partition coefficient (Wildman–Crippen LogP) is 5.41. The first kappa shape index (κ1) is 26.3. The summed E-state index contributed by atoms with van der Waals surface area (Å²) in [7, 11) is 0. The number of benzene rings is 1. The molecule has 0 radical (unpaired) electrons. The minimum Gasteiger partial charge on any atom is -0.507 e. The van der Waals surface area contributed by atoms with Gasteiger partial charge in [0.25, 0.3) is 0 Å². The van der Waals surface area contributed by atoms with Crippen LogP contribution in [-0.4, -0.2) is 51.3 Å². The number of amides is 1. The summed E-state index contributed by atoms with van der Waals surface area (Å²) in [5, 5.41) is 10.5. The van der Waals surface area contributed by atoms with Gasteiger partial charge in [-0.1, -0.05) is 12.1 Å². The molecule has 1 unspecified atom stereocenters. The Balaban J connectivity index is 2.10. The molecule has 0 aliphatic carbocycles. The zero-order chi connectivity index (χ0) is 26.1. The molecule has 3 N–H and O–H groups in total. The Morgan fingerprint density at radius 3 is 2.37 bits per heavy atom. The Bertz CT molecular complexity index is 1090. The SMILES string of the molecule is Cc1cccc(O)c1-c1cc(C2CCCN(C(=O)OC(C)(C)C)C2)c(C(=O)OC(C)(C)C)c(N)n1. The summed E-state index contributed by atoms with van der Waals surface area (Å²) in [6.45, 7) is 13.7. The number of hydrogen-bond acceptors (Lipinski definition) is 7. The van der Waals surface area contributed by atoms with Gasteiger partial charge in [-0.05, 0) is 84.6 Å². The van der Waals surface area contributed by atoms with Gasteiger partial charge >= 0.3 is 12.1 Å². The Labute approximate surface area is 207 Å². The van der Waals surface area contributed by atoms with E-state index in [1.807, 2.05) is 33.8 Å². The Morgan fingerprint density at radius 2 is 1.77 bits per heavy atom. The van der Waals surface area contributed by atoms with Crippen LogP contribution < -0.4 is 5.73 Å². The average Bonchev–Trinajstić information content (AvgIpc) is 2.70. The number of nitrogen functional groups attached to an aromatic ring is 1. The number of aromatic nitrogens is 1. The van der Waals surface area contributed by atoms with Crippen LogP contribution in [-0.2, 0) is 9.47 Å². The highest BCUT2D eigenvalue weighted by molar-refractivity contribution is 5.97. The van der Waals surface area contributed by atoms with E-state index in [2.05, 4.69) is 4.98 Å². The molecule has 3 rings (SSSR count). The Hall–Kier alpha value is -3.29. The minimum atomic E-state index is -0.719. The number of aryl methyl sites for hydroxylation is 1. The topological polar surface area (TPSA) is 115 Å². The summed E-state index contributed by atoms with van der Waals surface area (Å²) in [6.07, 6.45) is 1.10. The molecule has 1 amide bonds. The number of anilines is 1.